The van der Waals surface area contributed by atoms with Crippen molar-refractivity contribution >= 4 is 0 Å². The van der Waals surface area contributed by atoms with Gasteiger partial charge in [-0.25, -0.2) is 0 Å². The normalized spacial score (nSPS) is 33.9. The summed E-state index contributed by atoms with van der Waals surface area (Å²) in [4.78, 5) is 2.43. The van der Waals surface area contributed by atoms with Crippen LogP contribution < -0.4 is 5.32 Å². The van der Waals surface area contributed by atoms with Gasteiger partial charge in [0, 0.05) is 32.2 Å². The average Bonchev–Trinajstić information content (AvgIpc) is 2.96. The van der Waals surface area contributed by atoms with E-state index in [1.54, 1.807) is 0 Å². The van der Waals surface area contributed by atoms with E-state index in [1.165, 1.54) is 19.3 Å². The smallest absolute Gasteiger partial charge is 0.0791 e. The number of β-amino-alcohol motifs (C(OH)–C–C–N with tert-alkyl or cyclic N) is 1. The Balaban J connectivity index is 1.66. The van der Waals surface area contributed by atoms with E-state index in [9.17, 15) is 5.11 Å². The Kier molecular flexibility index (Phi) is 4.22. The highest BCUT2D eigenvalue weighted by molar-refractivity contribution is 4.83. The van der Waals surface area contributed by atoms with Gasteiger partial charge in [0.15, 0.2) is 0 Å². The molecule has 0 spiro atoms. The van der Waals surface area contributed by atoms with Crippen molar-refractivity contribution in [3.8, 4) is 0 Å². The van der Waals surface area contributed by atoms with Gasteiger partial charge >= 0.3 is 0 Å². The van der Waals surface area contributed by atoms with Gasteiger partial charge in [0.2, 0.25) is 0 Å². The van der Waals surface area contributed by atoms with Crippen LogP contribution >= 0.6 is 0 Å². The summed E-state index contributed by atoms with van der Waals surface area (Å²) in [6.07, 6.45) is 3.74. The summed E-state index contributed by atoms with van der Waals surface area (Å²) in [5.41, 5.74) is 0. The first-order chi connectivity index (χ1) is 7.63. The van der Waals surface area contributed by atoms with Gasteiger partial charge in [-0.1, -0.05) is 13.8 Å². The molecule has 0 bridgehead atoms. The third-order valence-corrected chi connectivity index (χ3v) is 3.63. The van der Waals surface area contributed by atoms with Crippen LogP contribution in [0.4, 0.5) is 0 Å². The molecule has 0 amide bonds. The zero-order chi connectivity index (χ0) is 11.5. The maximum absolute atomic E-state index is 9.95. The molecule has 0 radical (unpaired) electrons. The summed E-state index contributed by atoms with van der Waals surface area (Å²) in [5, 5.41) is 13.3. The molecule has 1 saturated heterocycles. The number of piperidine rings is 1. The fourth-order valence-electron chi connectivity index (χ4n) is 2.89. The monoisotopic (exact) mass is 226 g/mol. The predicted octanol–water partition coefficient (Wildman–Crippen LogP) is 1.08. The van der Waals surface area contributed by atoms with Crippen molar-refractivity contribution in [2.45, 2.75) is 45.3 Å². The van der Waals surface area contributed by atoms with E-state index >= 15 is 0 Å². The number of aliphatic hydroxyl groups is 1. The largest absolute Gasteiger partial charge is 0.390 e. The number of likely N-dealkylation sites (tertiary alicyclic amines) is 1. The van der Waals surface area contributed by atoms with Gasteiger partial charge in [0.05, 0.1) is 6.10 Å². The van der Waals surface area contributed by atoms with Crippen molar-refractivity contribution in [1.29, 1.82) is 0 Å². The summed E-state index contributed by atoms with van der Waals surface area (Å²) < 4.78 is 0. The summed E-state index contributed by atoms with van der Waals surface area (Å²) >= 11 is 0. The molecule has 0 aromatic heterocycles. The molecule has 1 aliphatic carbocycles. The Morgan fingerprint density at radius 3 is 2.44 bits per heavy atom. The third kappa shape index (κ3) is 4.04. The number of nitrogens with one attached hydrogen (secondary N) is 1. The van der Waals surface area contributed by atoms with Crippen LogP contribution in [0.2, 0.25) is 0 Å². The lowest BCUT2D eigenvalue weighted by molar-refractivity contribution is 0.0698. The summed E-state index contributed by atoms with van der Waals surface area (Å²) in [5.74, 6) is 1.57. The average molecular weight is 226 g/mol. The van der Waals surface area contributed by atoms with Crippen LogP contribution in [0.3, 0.4) is 0 Å². The highest BCUT2D eigenvalue weighted by Crippen LogP contribution is 2.21. The van der Waals surface area contributed by atoms with Crippen LogP contribution in [-0.4, -0.2) is 48.3 Å². The van der Waals surface area contributed by atoms with Gasteiger partial charge in [-0.3, -0.25) is 0 Å². The first-order valence-electron chi connectivity index (χ1n) is 6.77. The van der Waals surface area contributed by atoms with E-state index in [0.717, 1.165) is 38.0 Å². The molecule has 1 heterocycles. The molecule has 2 N–H and O–H groups in total. The number of rotatable bonds is 5. The third-order valence-electron chi connectivity index (χ3n) is 3.63. The van der Waals surface area contributed by atoms with E-state index in [1.807, 2.05) is 0 Å². The zero-order valence-corrected chi connectivity index (χ0v) is 10.7. The van der Waals surface area contributed by atoms with E-state index in [4.69, 9.17) is 0 Å². The van der Waals surface area contributed by atoms with Gasteiger partial charge in [-0.15, -0.1) is 0 Å². The number of hydrogen-bond donors (Lipinski definition) is 2. The van der Waals surface area contributed by atoms with Crippen LogP contribution in [0.5, 0.6) is 0 Å². The molecule has 3 nitrogen and oxygen atoms in total. The van der Waals surface area contributed by atoms with Crippen molar-refractivity contribution in [2.75, 3.05) is 26.2 Å². The number of hydrogen-bond acceptors (Lipinski definition) is 3. The van der Waals surface area contributed by atoms with Gasteiger partial charge in [0.1, 0.15) is 0 Å². The SMILES string of the molecule is CC1CC(C)CN(CC(O)CNC2CC2)C1. The standard InChI is InChI=1S/C13H26N2O/c1-10-5-11(2)8-15(7-10)9-13(16)6-14-12-3-4-12/h10-14,16H,3-9H2,1-2H3. The zero-order valence-electron chi connectivity index (χ0n) is 10.7. The fraction of sp³-hybridized carbons (Fsp3) is 1.00. The van der Waals surface area contributed by atoms with E-state index in [-0.39, 0.29) is 6.10 Å². The second kappa shape index (κ2) is 5.48. The Labute approximate surface area is 99.2 Å². The molecule has 3 unspecified atom stereocenters. The highest BCUT2D eigenvalue weighted by atomic mass is 16.3. The molecule has 2 aliphatic rings. The number of nitrogens with zero attached hydrogens (tertiary/aromatic N) is 1. The quantitative estimate of drug-likeness (QED) is 0.736. The van der Waals surface area contributed by atoms with E-state index < -0.39 is 0 Å². The molecule has 3 atom stereocenters. The lowest BCUT2D eigenvalue weighted by Gasteiger charge is -2.36. The molecular weight excluding hydrogens is 200 g/mol. The highest BCUT2D eigenvalue weighted by Gasteiger charge is 2.25. The Hall–Kier alpha value is -0.120. The predicted molar refractivity (Wildman–Crippen MR) is 66.4 cm³/mol. The minimum atomic E-state index is -0.196. The first-order valence-corrected chi connectivity index (χ1v) is 6.77. The lowest BCUT2D eigenvalue weighted by Crippen LogP contribution is -2.45. The summed E-state index contributed by atoms with van der Waals surface area (Å²) in [6.45, 7) is 8.56. The Morgan fingerprint density at radius 1 is 1.25 bits per heavy atom. The van der Waals surface area contributed by atoms with Crippen LogP contribution in [0, 0.1) is 11.8 Å². The van der Waals surface area contributed by atoms with Gasteiger partial charge in [-0.05, 0) is 31.1 Å². The molecule has 2 fully saturated rings. The molecule has 1 aliphatic heterocycles. The maximum Gasteiger partial charge on any atom is 0.0791 e. The summed E-state index contributed by atoms with van der Waals surface area (Å²) in [6, 6.07) is 0.703. The second-order valence-electron chi connectivity index (χ2n) is 6.00. The van der Waals surface area contributed by atoms with Crippen molar-refractivity contribution in [3.05, 3.63) is 0 Å². The van der Waals surface area contributed by atoms with Crippen molar-refractivity contribution < 1.29 is 5.11 Å². The molecule has 0 aromatic rings. The van der Waals surface area contributed by atoms with Crippen LogP contribution in [0.25, 0.3) is 0 Å². The Morgan fingerprint density at radius 2 is 1.88 bits per heavy atom. The lowest BCUT2D eigenvalue weighted by atomic mass is 9.92. The maximum atomic E-state index is 9.95. The molecular formula is C13H26N2O. The molecule has 94 valence electrons. The number of aliphatic hydroxyl groups excluding tert-OH is 1. The van der Waals surface area contributed by atoms with Gasteiger partial charge in [-0.2, -0.15) is 0 Å². The van der Waals surface area contributed by atoms with Gasteiger partial charge in [0.25, 0.3) is 0 Å². The first kappa shape index (κ1) is 12.3. The van der Waals surface area contributed by atoms with Crippen molar-refractivity contribution in [1.82, 2.24) is 10.2 Å². The molecule has 1 saturated carbocycles. The van der Waals surface area contributed by atoms with E-state index in [0.29, 0.717) is 6.04 Å². The molecule has 0 aromatic carbocycles. The molecule has 16 heavy (non-hydrogen) atoms. The van der Waals surface area contributed by atoms with Crippen LogP contribution in [0.1, 0.15) is 33.1 Å². The summed E-state index contributed by atoms with van der Waals surface area (Å²) in [7, 11) is 0. The minimum absolute atomic E-state index is 0.196. The van der Waals surface area contributed by atoms with Crippen LogP contribution in [0.15, 0.2) is 0 Å². The van der Waals surface area contributed by atoms with Gasteiger partial charge < -0.3 is 15.3 Å². The minimum Gasteiger partial charge on any atom is -0.390 e. The van der Waals surface area contributed by atoms with E-state index in [2.05, 4.69) is 24.1 Å². The van der Waals surface area contributed by atoms with Crippen molar-refractivity contribution in [3.63, 3.8) is 0 Å². The molecule has 2 rings (SSSR count). The fourth-order valence-corrected chi connectivity index (χ4v) is 2.89. The van der Waals surface area contributed by atoms with Crippen molar-refractivity contribution in [2.24, 2.45) is 11.8 Å². The molecule has 3 heteroatoms. The second-order valence-corrected chi connectivity index (χ2v) is 6.00. The topological polar surface area (TPSA) is 35.5 Å². The Bertz CT molecular complexity index is 208. The van der Waals surface area contributed by atoms with Crippen LogP contribution in [-0.2, 0) is 0 Å².